The molecule has 0 fully saturated rings. The summed E-state index contributed by atoms with van der Waals surface area (Å²) < 4.78 is 0. The minimum absolute atomic E-state index is 0.337. The van der Waals surface area contributed by atoms with Crippen LogP contribution in [0.2, 0.25) is 0 Å². The molecule has 0 radical (unpaired) electrons. The number of carboxylic acid groups (broad SMARTS) is 1. The van der Waals surface area contributed by atoms with Crippen LogP contribution in [0.3, 0.4) is 0 Å². The average molecular weight is 401 g/mol. The fraction of sp³-hybridized carbons (Fsp3) is 0.667. The molecular weight excluding hydrogens is 356 g/mol. The van der Waals surface area contributed by atoms with Gasteiger partial charge in [-0.2, -0.15) is 0 Å². The standard InChI is InChI=1S/C27H44O2/c1-3-4-5-6-7-8-9-10-11-12-13-14-15-16-17-18-19-24(2)25-20-22-26(23-21-25)27(28)29/h20-23H,2-19H2,1H3,(H,28,29). The van der Waals surface area contributed by atoms with E-state index in [9.17, 15) is 4.79 Å². The summed E-state index contributed by atoms with van der Waals surface area (Å²) in [5.41, 5.74) is 2.52. The molecule has 0 aromatic heterocycles. The quantitative estimate of drug-likeness (QED) is 0.235. The van der Waals surface area contributed by atoms with E-state index < -0.39 is 5.97 Å². The number of aromatic carboxylic acids is 1. The molecule has 1 aromatic carbocycles. The molecule has 0 saturated carbocycles. The maximum atomic E-state index is 10.9. The van der Waals surface area contributed by atoms with Crippen LogP contribution in [0.5, 0.6) is 0 Å². The first-order valence-electron chi connectivity index (χ1n) is 12.2. The third-order valence-corrected chi connectivity index (χ3v) is 5.87. The van der Waals surface area contributed by atoms with Gasteiger partial charge in [-0.05, 0) is 36.1 Å². The van der Waals surface area contributed by atoms with Gasteiger partial charge in [-0.3, -0.25) is 0 Å². The van der Waals surface area contributed by atoms with Gasteiger partial charge in [0.25, 0.3) is 0 Å². The number of hydrogen-bond acceptors (Lipinski definition) is 1. The molecule has 0 aliphatic carbocycles. The van der Waals surface area contributed by atoms with Crippen molar-refractivity contribution in [3.63, 3.8) is 0 Å². The second kappa shape index (κ2) is 17.3. The Balaban J connectivity index is 1.87. The third kappa shape index (κ3) is 13.3. The molecule has 1 N–H and O–H groups in total. The number of hydrogen-bond donors (Lipinski definition) is 1. The van der Waals surface area contributed by atoms with Crippen molar-refractivity contribution in [3.05, 3.63) is 42.0 Å². The zero-order valence-corrected chi connectivity index (χ0v) is 18.9. The number of rotatable bonds is 19. The van der Waals surface area contributed by atoms with E-state index in [1.165, 1.54) is 103 Å². The van der Waals surface area contributed by atoms with E-state index in [1.807, 2.05) is 12.1 Å². The van der Waals surface area contributed by atoms with Crippen molar-refractivity contribution in [2.75, 3.05) is 0 Å². The summed E-state index contributed by atoms with van der Waals surface area (Å²) in [6, 6.07) is 7.07. The lowest BCUT2D eigenvalue weighted by Crippen LogP contribution is -1.95. The zero-order chi connectivity index (χ0) is 21.2. The predicted octanol–water partition coefficient (Wildman–Crippen LogP) is 9.05. The van der Waals surface area contributed by atoms with Crippen LogP contribution >= 0.6 is 0 Å². The van der Waals surface area contributed by atoms with Crippen LogP contribution in [0.4, 0.5) is 0 Å². The Kier molecular flexibility index (Phi) is 15.2. The van der Waals surface area contributed by atoms with E-state index in [2.05, 4.69) is 13.5 Å². The molecule has 0 saturated heterocycles. The van der Waals surface area contributed by atoms with E-state index in [0.29, 0.717) is 5.56 Å². The monoisotopic (exact) mass is 400 g/mol. The van der Waals surface area contributed by atoms with Crippen molar-refractivity contribution in [2.45, 2.75) is 116 Å². The van der Waals surface area contributed by atoms with Crippen molar-refractivity contribution < 1.29 is 9.90 Å². The highest BCUT2D eigenvalue weighted by atomic mass is 16.4. The van der Waals surface area contributed by atoms with Gasteiger partial charge in [0, 0.05) is 0 Å². The maximum Gasteiger partial charge on any atom is 0.335 e. The first-order valence-corrected chi connectivity index (χ1v) is 12.2. The molecule has 0 aliphatic heterocycles. The van der Waals surface area contributed by atoms with Gasteiger partial charge in [-0.1, -0.05) is 122 Å². The van der Waals surface area contributed by atoms with Crippen LogP contribution in [0.15, 0.2) is 30.8 Å². The van der Waals surface area contributed by atoms with Gasteiger partial charge < -0.3 is 5.11 Å². The predicted molar refractivity (Wildman–Crippen MR) is 127 cm³/mol. The van der Waals surface area contributed by atoms with E-state index >= 15 is 0 Å². The van der Waals surface area contributed by atoms with Crippen LogP contribution in [-0.4, -0.2) is 11.1 Å². The molecule has 0 aliphatic rings. The molecule has 29 heavy (non-hydrogen) atoms. The van der Waals surface area contributed by atoms with Crippen molar-refractivity contribution in [2.24, 2.45) is 0 Å². The van der Waals surface area contributed by atoms with Crippen LogP contribution in [0.1, 0.15) is 132 Å². The maximum absolute atomic E-state index is 10.9. The van der Waals surface area contributed by atoms with Crippen LogP contribution in [0, 0.1) is 0 Å². The summed E-state index contributed by atoms with van der Waals surface area (Å²) in [6.07, 6.45) is 23.2. The molecule has 0 amide bonds. The summed E-state index contributed by atoms with van der Waals surface area (Å²) in [6.45, 7) is 6.44. The van der Waals surface area contributed by atoms with E-state index in [0.717, 1.165) is 17.6 Å². The minimum Gasteiger partial charge on any atom is -0.478 e. The van der Waals surface area contributed by atoms with Crippen LogP contribution in [0.25, 0.3) is 5.57 Å². The highest BCUT2D eigenvalue weighted by molar-refractivity contribution is 5.88. The Hall–Kier alpha value is -1.57. The lowest BCUT2D eigenvalue weighted by atomic mass is 9.99. The molecule has 1 aromatic rings. The van der Waals surface area contributed by atoms with Crippen molar-refractivity contribution in [3.8, 4) is 0 Å². The van der Waals surface area contributed by atoms with Gasteiger partial charge in [-0.15, -0.1) is 0 Å². The lowest BCUT2D eigenvalue weighted by molar-refractivity contribution is 0.0697. The van der Waals surface area contributed by atoms with E-state index in [-0.39, 0.29) is 0 Å². The lowest BCUT2D eigenvalue weighted by Gasteiger charge is -2.07. The normalized spacial score (nSPS) is 10.9. The second-order valence-corrected chi connectivity index (χ2v) is 8.54. The van der Waals surface area contributed by atoms with Gasteiger partial charge in [-0.25, -0.2) is 4.79 Å². The SMILES string of the molecule is C=C(CCCCCCCCCCCCCCCCCC)c1ccc(C(=O)O)cc1. The number of carboxylic acids is 1. The summed E-state index contributed by atoms with van der Waals surface area (Å²) in [5.74, 6) is -0.875. The minimum atomic E-state index is -0.875. The van der Waals surface area contributed by atoms with Gasteiger partial charge in [0.2, 0.25) is 0 Å². The van der Waals surface area contributed by atoms with Gasteiger partial charge in [0.05, 0.1) is 5.56 Å². The highest BCUT2D eigenvalue weighted by Crippen LogP contribution is 2.21. The summed E-state index contributed by atoms with van der Waals surface area (Å²) in [5, 5.41) is 8.95. The highest BCUT2D eigenvalue weighted by Gasteiger charge is 2.04. The molecule has 0 bridgehead atoms. The molecule has 2 nitrogen and oxygen atoms in total. The first kappa shape index (κ1) is 25.5. The molecule has 0 spiro atoms. The Morgan fingerprint density at radius 3 is 1.38 bits per heavy atom. The zero-order valence-electron chi connectivity index (χ0n) is 18.9. The molecular formula is C27H44O2. The van der Waals surface area contributed by atoms with Gasteiger partial charge in [0.1, 0.15) is 0 Å². The smallest absolute Gasteiger partial charge is 0.335 e. The molecule has 0 atom stereocenters. The van der Waals surface area contributed by atoms with Crippen LogP contribution < -0.4 is 0 Å². The van der Waals surface area contributed by atoms with Crippen molar-refractivity contribution in [1.82, 2.24) is 0 Å². The van der Waals surface area contributed by atoms with E-state index in [4.69, 9.17) is 5.11 Å². The van der Waals surface area contributed by atoms with Crippen molar-refractivity contribution in [1.29, 1.82) is 0 Å². The second-order valence-electron chi connectivity index (χ2n) is 8.54. The van der Waals surface area contributed by atoms with Crippen LogP contribution in [-0.2, 0) is 0 Å². The number of benzene rings is 1. The Morgan fingerprint density at radius 1 is 0.655 bits per heavy atom. The summed E-state index contributed by atoms with van der Waals surface area (Å²) in [7, 11) is 0. The Bertz CT molecular complexity index is 544. The Morgan fingerprint density at radius 2 is 1.00 bits per heavy atom. The first-order chi connectivity index (χ1) is 14.1. The fourth-order valence-electron chi connectivity index (χ4n) is 3.88. The number of carbonyl (C=O) groups is 1. The van der Waals surface area contributed by atoms with Crippen molar-refractivity contribution >= 4 is 11.5 Å². The molecule has 2 heteroatoms. The topological polar surface area (TPSA) is 37.3 Å². The third-order valence-electron chi connectivity index (χ3n) is 5.87. The molecule has 0 unspecified atom stereocenters. The van der Waals surface area contributed by atoms with Gasteiger partial charge in [0.15, 0.2) is 0 Å². The summed E-state index contributed by atoms with van der Waals surface area (Å²) >= 11 is 0. The molecule has 1 rings (SSSR count). The average Bonchev–Trinajstić information content (AvgIpc) is 2.73. The summed E-state index contributed by atoms with van der Waals surface area (Å²) in [4.78, 5) is 10.9. The van der Waals surface area contributed by atoms with E-state index in [1.54, 1.807) is 12.1 Å². The molecule has 164 valence electrons. The Labute approximate surface area is 179 Å². The number of allylic oxidation sites excluding steroid dienone is 1. The largest absolute Gasteiger partial charge is 0.478 e. The molecule has 0 heterocycles. The number of unbranched alkanes of at least 4 members (excludes halogenated alkanes) is 15. The fourth-order valence-corrected chi connectivity index (χ4v) is 3.88. The van der Waals surface area contributed by atoms with Gasteiger partial charge >= 0.3 is 5.97 Å².